The minimum Gasteiger partial charge on any atom is -0.388 e. The van der Waals surface area contributed by atoms with Crippen LogP contribution in [0.25, 0.3) is 10.4 Å². The summed E-state index contributed by atoms with van der Waals surface area (Å²) in [7, 11) is 3.74. The molecule has 3 N–H and O–H groups in total. The number of fused-ring (bicyclic) bond motifs is 3. The van der Waals surface area contributed by atoms with Crippen LogP contribution in [-0.2, 0) is 11.3 Å². The van der Waals surface area contributed by atoms with Gasteiger partial charge in [-0.05, 0) is 91.7 Å². The molecule has 0 unspecified atom stereocenters. The third kappa shape index (κ3) is 9.52. The fourth-order valence-electron chi connectivity index (χ4n) is 4.63. The molecular weight excluding hydrogens is 655 g/mol. The molecule has 49 heavy (non-hydrogen) atoms. The van der Waals surface area contributed by atoms with Gasteiger partial charge in [0.25, 0.3) is 5.91 Å². The number of amides is 1. The lowest BCUT2D eigenvalue weighted by Gasteiger charge is -2.19. The first kappa shape index (κ1) is 36.3. The summed E-state index contributed by atoms with van der Waals surface area (Å²) in [5, 5.41) is 5.27. The molecule has 5 aromatic rings. The van der Waals surface area contributed by atoms with Gasteiger partial charge in [-0.2, -0.15) is 0 Å². The van der Waals surface area contributed by atoms with Crippen molar-refractivity contribution >= 4 is 52.7 Å². The highest BCUT2D eigenvalue weighted by molar-refractivity contribution is 7.17. The van der Waals surface area contributed by atoms with Gasteiger partial charge in [-0.1, -0.05) is 6.07 Å². The van der Waals surface area contributed by atoms with Crippen LogP contribution in [0.1, 0.15) is 42.9 Å². The van der Waals surface area contributed by atoms with Gasteiger partial charge in [0.15, 0.2) is 12.1 Å². The Morgan fingerprint density at radius 3 is 2.37 bits per heavy atom. The second-order valence-corrected chi connectivity index (χ2v) is 11.5. The van der Waals surface area contributed by atoms with Crippen molar-refractivity contribution in [3.05, 3.63) is 124 Å². The first-order chi connectivity index (χ1) is 23.7. The van der Waals surface area contributed by atoms with E-state index in [1.807, 2.05) is 38.1 Å². The lowest BCUT2D eigenvalue weighted by atomic mass is 10.1. The van der Waals surface area contributed by atoms with Gasteiger partial charge in [0.05, 0.1) is 17.0 Å². The SMILES string of the molecule is CCONc1ncccc1C=O.CN1CCc2cc(C(=O)Nc3c(F)cccc3F)sc2-c2ccc(F)cc21.CNc1ccc(C=O)cc1. The molecule has 0 spiro atoms. The molecule has 0 fully saturated rings. The number of rotatable bonds is 8. The van der Waals surface area contributed by atoms with Crippen LogP contribution < -0.4 is 21.0 Å². The van der Waals surface area contributed by atoms with Crippen molar-refractivity contribution in [1.29, 1.82) is 0 Å². The lowest BCUT2D eigenvalue weighted by molar-refractivity contribution is 0.102. The molecule has 0 aliphatic carbocycles. The van der Waals surface area contributed by atoms with E-state index in [1.165, 1.54) is 29.5 Å². The number of anilines is 4. The number of pyridine rings is 1. The minimum absolute atomic E-state index is 0.325. The Labute approximate surface area is 285 Å². The first-order valence-electron chi connectivity index (χ1n) is 15.1. The molecular formula is C36H34F3N5O4S. The molecule has 3 heterocycles. The maximum Gasteiger partial charge on any atom is 0.265 e. The van der Waals surface area contributed by atoms with E-state index in [0.29, 0.717) is 41.4 Å². The summed E-state index contributed by atoms with van der Waals surface area (Å²) >= 11 is 1.23. The van der Waals surface area contributed by atoms with Gasteiger partial charge in [-0.15, -0.1) is 11.3 Å². The Balaban J connectivity index is 0.000000202. The number of halogens is 3. The van der Waals surface area contributed by atoms with Crippen molar-refractivity contribution in [2.75, 3.05) is 48.3 Å². The molecule has 13 heteroatoms. The predicted molar refractivity (Wildman–Crippen MR) is 187 cm³/mol. The van der Waals surface area contributed by atoms with Crippen LogP contribution in [0.4, 0.5) is 36.1 Å². The number of para-hydroxylation sites is 1. The second kappa shape index (κ2) is 17.6. The third-order valence-electron chi connectivity index (χ3n) is 7.18. The van der Waals surface area contributed by atoms with Gasteiger partial charge in [-0.25, -0.2) is 23.6 Å². The van der Waals surface area contributed by atoms with Crippen LogP contribution >= 0.6 is 11.3 Å². The number of aromatic nitrogens is 1. The molecule has 0 atom stereocenters. The Morgan fingerprint density at radius 2 is 1.71 bits per heavy atom. The molecule has 0 radical (unpaired) electrons. The fourth-order valence-corrected chi connectivity index (χ4v) is 5.77. The number of carbonyl (C=O) groups is 3. The van der Waals surface area contributed by atoms with Gasteiger partial charge >= 0.3 is 0 Å². The molecule has 6 rings (SSSR count). The summed E-state index contributed by atoms with van der Waals surface area (Å²) in [6, 6.07) is 20.3. The normalized spacial score (nSPS) is 11.3. The second-order valence-electron chi connectivity index (χ2n) is 10.4. The van der Waals surface area contributed by atoms with E-state index in [4.69, 9.17) is 4.84 Å². The molecule has 1 aliphatic rings. The number of likely N-dealkylation sites (N-methyl/N-ethyl adjacent to an activating group) is 1. The van der Waals surface area contributed by atoms with Gasteiger partial charge < -0.3 is 15.5 Å². The van der Waals surface area contributed by atoms with E-state index >= 15 is 0 Å². The average Bonchev–Trinajstić information content (AvgIpc) is 3.51. The highest BCUT2D eigenvalue weighted by Gasteiger charge is 2.24. The van der Waals surface area contributed by atoms with Crippen molar-refractivity contribution in [2.45, 2.75) is 13.3 Å². The minimum atomic E-state index is -0.830. The maximum atomic E-state index is 13.8. The predicted octanol–water partition coefficient (Wildman–Crippen LogP) is 7.88. The summed E-state index contributed by atoms with van der Waals surface area (Å²) in [4.78, 5) is 45.2. The van der Waals surface area contributed by atoms with E-state index in [0.717, 1.165) is 52.1 Å². The van der Waals surface area contributed by atoms with Crippen molar-refractivity contribution < 1.29 is 32.4 Å². The Morgan fingerprint density at radius 1 is 0.980 bits per heavy atom. The Bertz CT molecular complexity index is 1880. The van der Waals surface area contributed by atoms with Crippen LogP contribution in [0.3, 0.4) is 0 Å². The summed E-state index contributed by atoms with van der Waals surface area (Å²) in [6.07, 6.45) is 3.84. The highest BCUT2D eigenvalue weighted by Crippen LogP contribution is 2.41. The van der Waals surface area contributed by atoms with Crippen LogP contribution in [0.5, 0.6) is 0 Å². The number of hydrogen-bond acceptors (Lipinski definition) is 9. The summed E-state index contributed by atoms with van der Waals surface area (Å²) < 4.78 is 41.3. The van der Waals surface area contributed by atoms with Crippen molar-refractivity contribution in [3.63, 3.8) is 0 Å². The molecule has 9 nitrogen and oxygen atoms in total. The Hall–Kier alpha value is -5.53. The van der Waals surface area contributed by atoms with Crippen molar-refractivity contribution in [1.82, 2.24) is 4.98 Å². The monoisotopic (exact) mass is 689 g/mol. The van der Waals surface area contributed by atoms with E-state index in [1.54, 1.807) is 42.6 Å². The third-order valence-corrected chi connectivity index (χ3v) is 8.39. The van der Waals surface area contributed by atoms with Gasteiger partial charge in [0.1, 0.15) is 29.4 Å². The van der Waals surface area contributed by atoms with E-state index in [2.05, 4.69) is 21.1 Å². The zero-order valence-corrected chi connectivity index (χ0v) is 27.7. The first-order valence-corrected chi connectivity index (χ1v) is 15.9. The average molecular weight is 690 g/mol. The smallest absolute Gasteiger partial charge is 0.265 e. The molecule has 3 aromatic carbocycles. The van der Waals surface area contributed by atoms with Crippen LogP contribution in [0.15, 0.2) is 85.1 Å². The van der Waals surface area contributed by atoms with Crippen molar-refractivity contribution in [3.8, 4) is 10.4 Å². The lowest BCUT2D eigenvalue weighted by Crippen LogP contribution is -2.19. The molecule has 1 aliphatic heterocycles. The standard InChI is InChI=1S/C20H15F3N2OS.C8H10N2O2.C8H9NO/c1-25-8-7-11-9-17(20(26)24-18-14(22)3-2-4-15(18)23)27-19(11)13-6-5-12(21)10-16(13)25;1-2-12-10-8-7(6-11)4-3-5-9-8;1-9-8-4-2-7(6-10)3-5-8/h2-6,9-10H,7-8H2,1H3,(H,24,26);3-6H,2H2,1H3,(H,9,10);2-6,9H,1H3. The Kier molecular flexibility index (Phi) is 13.0. The van der Waals surface area contributed by atoms with Gasteiger partial charge in [0, 0.05) is 54.2 Å². The number of aldehydes is 2. The topological polar surface area (TPSA) is 113 Å². The van der Waals surface area contributed by atoms with Gasteiger partial charge in [-0.3, -0.25) is 19.2 Å². The van der Waals surface area contributed by atoms with Crippen molar-refractivity contribution in [2.24, 2.45) is 0 Å². The molecule has 0 saturated heterocycles. The summed E-state index contributed by atoms with van der Waals surface area (Å²) in [5.74, 6) is -2.11. The summed E-state index contributed by atoms with van der Waals surface area (Å²) in [6.45, 7) is 3.04. The van der Waals surface area contributed by atoms with E-state index in [9.17, 15) is 27.6 Å². The molecule has 0 saturated carbocycles. The number of hydrogen-bond donors (Lipinski definition) is 3. The fraction of sp³-hybridized carbons (Fsp3) is 0.167. The quantitative estimate of drug-likeness (QED) is 0.112. The zero-order chi connectivity index (χ0) is 35.3. The number of nitrogens with one attached hydrogen (secondary N) is 3. The molecule has 1 amide bonds. The maximum absolute atomic E-state index is 13.8. The van der Waals surface area contributed by atoms with Crippen LogP contribution in [0, 0.1) is 17.5 Å². The van der Waals surface area contributed by atoms with E-state index < -0.39 is 23.2 Å². The van der Waals surface area contributed by atoms with E-state index in [-0.39, 0.29) is 5.82 Å². The number of carbonyl (C=O) groups excluding carboxylic acids is 3. The highest BCUT2D eigenvalue weighted by atomic mass is 32.1. The summed E-state index contributed by atoms with van der Waals surface area (Å²) in [5.41, 5.74) is 6.87. The number of thiophene rings is 1. The number of nitrogens with zero attached hydrogens (tertiary/aromatic N) is 2. The van der Waals surface area contributed by atoms with Crippen LogP contribution in [-0.4, -0.2) is 50.7 Å². The van der Waals surface area contributed by atoms with Gasteiger partial charge in [0.2, 0.25) is 0 Å². The molecule has 2 aromatic heterocycles. The molecule has 254 valence electrons. The zero-order valence-electron chi connectivity index (χ0n) is 26.9. The van der Waals surface area contributed by atoms with Crippen LogP contribution in [0.2, 0.25) is 0 Å². The largest absolute Gasteiger partial charge is 0.388 e. The number of benzene rings is 3. The molecule has 0 bridgehead atoms.